The van der Waals surface area contributed by atoms with E-state index in [1.807, 2.05) is 29.7 Å². The third kappa shape index (κ3) is 1.03. The van der Waals surface area contributed by atoms with E-state index in [-0.39, 0.29) is 0 Å². The second kappa shape index (κ2) is 2.40. The predicted molar refractivity (Wildman–Crippen MR) is 33.5 cm³/mol. The lowest BCUT2D eigenvalue weighted by molar-refractivity contribution is 0.548. The summed E-state index contributed by atoms with van der Waals surface area (Å²) in [6.07, 6.45) is 7.61. The van der Waals surface area contributed by atoms with Gasteiger partial charge in [-0.15, -0.1) is 0 Å². The summed E-state index contributed by atoms with van der Waals surface area (Å²) in [4.78, 5) is 1.98. The maximum Gasteiger partial charge on any atom is 0.0221 e. The molecule has 1 radical (unpaired) electrons. The molecule has 1 aliphatic rings. The van der Waals surface area contributed by atoms with Gasteiger partial charge in [-0.25, -0.2) is 0 Å². The van der Waals surface area contributed by atoms with Crippen LogP contribution in [0.2, 0.25) is 0 Å². The quantitative estimate of drug-likeness (QED) is 0.532. The largest absolute Gasteiger partial charge is 0.365 e. The van der Waals surface area contributed by atoms with Crippen LogP contribution in [0.1, 0.15) is 0 Å². The molecule has 1 heterocycles. The van der Waals surface area contributed by atoms with Gasteiger partial charge in [0.2, 0.25) is 0 Å². The zero-order valence-corrected chi connectivity index (χ0v) is 4.67. The van der Waals surface area contributed by atoms with Crippen molar-refractivity contribution in [1.29, 1.82) is 0 Å². The number of rotatable bonds is 1. The molecule has 0 unspecified atom stereocenters. The lowest BCUT2D eigenvalue weighted by Gasteiger charge is -2.14. The summed E-state index contributed by atoms with van der Waals surface area (Å²) in [6.45, 7) is 4.49. The average Bonchev–Trinajstić information content (AvgIpc) is 1.90. The van der Waals surface area contributed by atoms with Gasteiger partial charge in [0.15, 0.2) is 0 Å². The van der Waals surface area contributed by atoms with Crippen LogP contribution in [0.25, 0.3) is 0 Å². The van der Waals surface area contributed by atoms with Crippen molar-refractivity contribution in [3.05, 3.63) is 31.7 Å². The van der Waals surface area contributed by atoms with Crippen molar-refractivity contribution < 1.29 is 0 Å². The van der Waals surface area contributed by atoms with E-state index < -0.39 is 0 Å². The summed E-state index contributed by atoms with van der Waals surface area (Å²) in [7, 11) is 0. The smallest absolute Gasteiger partial charge is 0.0221 e. The Hall–Kier alpha value is -0.920. The Kier molecular flexibility index (Phi) is 1.57. The van der Waals surface area contributed by atoms with Crippen LogP contribution in [0.15, 0.2) is 24.8 Å². The Balaban J connectivity index is 2.42. The van der Waals surface area contributed by atoms with Crippen LogP contribution in [-0.2, 0) is 0 Å². The monoisotopic (exact) mass is 109 g/mol. The normalized spacial score (nSPS) is 16.4. The van der Waals surface area contributed by atoms with Crippen LogP contribution in [-0.4, -0.2) is 11.4 Å². The number of nitrogens with zero attached hydrogens (tertiary/aromatic N) is 1. The molecule has 0 fully saturated rings. The van der Waals surface area contributed by atoms with E-state index in [2.05, 4.69) is 12.2 Å². The van der Waals surface area contributed by atoms with Gasteiger partial charge in [-0.2, -0.15) is 0 Å². The Morgan fingerprint density at radius 1 is 1.38 bits per heavy atom. The molecule has 0 saturated carbocycles. The minimum Gasteiger partial charge on any atom is -0.365 e. The molecule has 43 valence electrons. The maximum absolute atomic E-state index is 3.70. The molecule has 1 N–H and O–H groups in total. The second-order valence-electron chi connectivity index (χ2n) is 1.54. The summed E-state index contributed by atoms with van der Waals surface area (Å²) in [5.74, 6) is 0. The van der Waals surface area contributed by atoms with E-state index in [4.69, 9.17) is 0 Å². The fraction of sp³-hybridized carbons (Fsp3) is 0.167. The summed E-state index contributed by atoms with van der Waals surface area (Å²) < 4.78 is 0. The zero-order chi connectivity index (χ0) is 5.82. The van der Waals surface area contributed by atoms with Gasteiger partial charge in [0.1, 0.15) is 0 Å². The molecule has 8 heavy (non-hydrogen) atoms. The van der Waals surface area contributed by atoms with Gasteiger partial charge in [-0.3, -0.25) is 0 Å². The average molecular weight is 109 g/mol. The second-order valence-corrected chi connectivity index (χ2v) is 1.54. The van der Waals surface area contributed by atoms with Crippen molar-refractivity contribution in [3.63, 3.8) is 0 Å². The Labute approximate surface area is 49.5 Å². The lowest BCUT2D eigenvalue weighted by atomic mass is 10.5. The first-order chi connectivity index (χ1) is 3.93. The fourth-order valence-corrected chi connectivity index (χ4v) is 0.532. The predicted octanol–water partition coefficient (Wildman–Crippen LogP) is 0.668. The van der Waals surface area contributed by atoms with Crippen molar-refractivity contribution in [3.8, 4) is 0 Å². The summed E-state index contributed by atoms with van der Waals surface area (Å²) in [6, 6.07) is 0. The number of nitrogens with one attached hydrogen (secondary N) is 1. The van der Waals surface area contributed by atoms with Crippen molar-refractivity contribution >= 4 is 0 Å². The van der Waals surface area contributed by atoms with E-state index in [0.29, 0.717) is 0 Å². The number of hydrogen-bond acceptors (Lipinski definition) is 2. The topological polar surface area (TPSA) is 15.3 Å². The van der Waals surface area contributed by atoms with E-state index in [9.17, 15) is 0 Å². The van der Waals surface area contributed by atoms with Crippen LogP contribution in [0.3, 0.4) is 0 Å². The first kappa shape index (κ1) is 5.22. The van der Waals surface area contributed by atoms with Gasteiger partial charge >= 0.3 is 0 Å². The van der Waals surface area contributed by atoms with Crippen LogP contribution >= 0.6 is 0 Å². The molecule has 0 atom stereocenters. The van der Waals surface area contributed by atoms with E-state index in [1.54, 1.807) is 0 Å². The molecule has 2 heteroatoms. The molecule has 0 spiro atoms. The van der Waals surface area contributed by atoms with Crippen molar-refractivity contribution in [2.45, 2.75) is 0 Å². The third-order valence-corrected chi connectivity index (χ3v) is 0.983. The summed E-state index contributed by atoms with van der Waals surface area (Å²) >= 11 is 0. The zero-order valence-electron chi connectivity index (χ0n) is 4.67. The molecular formula is C6H9N2. The van der Waals surface area contributed by atoms with Crippen molar-refractivity contribution in [1.82, 2.24) is 10.2 Å². The highest BCUT2D eigenvalue weighted by Gasteiger charge is 1.89. The van der Waals surface area contributed by atoms with Gasteiger partial charge in [0.05, 0.1) is 0 Å². The van der Waals surface area contributed by atoms with E-state index in [0.717, 1.165) is 6.54 Å². The highest BCUT2D eigenvalue weighted by atomic mass is 15.1. The highest BCUT2D eigenvalue weighted by molar-refractivity contribution is 4.98. The molecule has 2 nitrogen and oxygen atoms in total. The Bertz CT molecular complexity index is 104. The number of hydrogen-bond donors (Lipinski definition) is 1. The van der Waals surface area contributed by atoms with Crippen LogP contribution in [0.4, 0.5) is 0 Å². The van der Waals surface area contributed by atoms with Crippen molar-refractivity contribution in [2.24, 2.45) is 0 Å². The molecular weight excluding hydrogens is 100 g/mol. The molecule has 0 amide bonds. The molecule has 1 rings (SSSR count). The van der Waals surface area contributed by atoms with Gasteiger partial charge in [0, 0.05) is 31.3 Å². The summed E-state index contributed by atoms with van der Waals surface area (Å²) in [5.41, 5.74) is 0. The standard InChI is InChI=1S/C6H9N2/c1-2-8-5-3-7-4-6-8/h3-7H,1-2H2. The van der Waals surface area contributed by atoms with Gasteiger partial charge < -0.3 is 10.2 Å². The Morgan fingerprint density at radius 2 is 2.00 bits per heavy atom. The SMILES string of the molecule is [CH2]CN1C=CNC=C1. The van der Waals surface area contributed by atoms with Gasteiger partial charge in [-0.05, 0) is 6.92 Å². The molecule has 0 bridgehead atoms. The van der Waals surface area contributed by atoms with Crippen molar-refractivity contribution in [2.75, 3.05) is 6.54 Å². The minimum absolute atomic E-state index is 0.786. The first-order valence-electron chi connectivity index (χ1n) is 2.58. The highest BCUT2D eigenvalue weighted by Crippen LogP contribution is 1.92. The molecule has 0 saturated heterocycles. The van der Waals surface area contributed by atoms with Crippen LogP contribution in [0, 0.1) is 6.92 Å². The Morgan fingerprint density at radius 3 is 2.38 bits per heavy atom. The lowest BCUT2D eigenvalue weighted by Crippen LogP contribution is -2.14. The fourth-order valence-electron chi connectivity index (χ4n) is 0.532. The summed E-state index contributed by atoms with van der Waals surface area (Å²) in [5, 5.41) is 2.92. The van der Waals surface area contributed by atoms with Crippen LogP contribution in [0.5, 0.6) is 0 Å². The molecule has 0 aromatic heterocycles. The molecule has 0 aliphatic carbocycles. The molecule has 1 aliphatic heterocycles. The third-order valence-electron chi connectivity index (χ3n) is 0.983. The van der Waals surface area contributed by atoms with Crippen LogP contribution < -0.4 is 5.32 Å². The maximum atomic E-state index is 3.70. The van der Waals surface area contributed by atoms with Gasteiger partial charge in [-0.1, -0.05) is 0 Å². The minimum atomic E-state index is 0.786. The molecule has 0 aromatic carbocycles. The van der Waals surface area contributed by atoms with E-state index >= 15 is 0 Å². The first-order valence-corrected chi connectivity index (χ1v) is 2.58. The molecule has 0 aromatic rings. The van der Waals surface area contributed by atoms with E-state index in [1.165, 1.54) is 0 Å². The van der Waals surface area contributed by atoms with Gasteiger partial charge in [0.25, 0.3) is 0 Å².